The maximum atomic E-state index is 8.29. The molecule has 0 radical (unpaired) electrons. The monoisotopic (exact) mass is 136 g/mol. The number of aryl methyl sites for hydroxylation is 1. The van der Waals surface area contributed by atoms with Gasteiger partial charge in [0.05, 0.1) is 11.8 Å². The van der Waals surface area contributed by atoms with Crippen molar-refractivity contribution in [2.24, 2.45) is 0 Å². The van der Waals surface area contributed by atoms with E-state index in [0.29, 0.717) is 5.82 Å². The second kappa shape index (κ2) is 2.40. The molecule has 0 aliphatic heterocycles. The summed E-state index contributed by atoms with van der Waals surface area (Å²) in [4.78, 5) is 0. The summed E-state index contributed by atoms with van der Waals surface area (Å²) in [7, 11) is 0. The van der Waals surface area contributed by atoms with Gasteiger partial charge >= 0.3 is 0 Å². The van der Waals surface area contributed by atoms with Crippen LogP contribution in [0.25, 0.3) is 0 Å². The van der Waals surface area contributed by atoms with Crippen molar-refractivity contribution in [3.63, 3.8) is 0 Å². The van der Waals surface area contributed by atoms with Crippen LogP contribution < -0.4 is 5.73 Å². The molecule has 1 aromatic rings. The van der Waals surface area contributed by atoms with E-state index in [1.54, 1.807) is 6.07 Å². The van der Waals surface area contributed by atoms with Crippen molar-refractivity contribution in [2.75, 3.05) is 5.73 Å². The summed E-state index contributed by atoms with van der Waals surface area (Å²) in [5, 5.41) is 12.3. The lowest BCUT2D eigenvalue weighted by molar-refractivity contribution is 0.711. The van der Waals surface area contributed by atoms with Crippen molar-refractivity contribution >= 4 is 5.82 Å². The Balaban J connectivity index is 2.94. The van der Waals surface area contributed by atoms with Crippen LogP contribution in [0.4, 0.5) is 5.82 Å². The first-order valence-corrected chi connectivity index (χ1v) is 2.91. The van der Waals surface area contributed by atoms with Crippen LogP contribution in [0, 0.1) is 18.3 Å². The van der Waals surface area contributed by atoms with E-state index in [9.17, 15) is 0 Å². The first-order chi connectivity index (χ1) is 4.74. The van der Waals surface area contributed by atoms with Gasteiger partial charge in [-0.1, -0.05) is 0 Å². The zero-order valence-corrected chi connectivity index (χ0v) is 5.70. The fourth-order valence-corrected chi connectivity index (χ4v) is 0.759. The molecule has 0 amide bonds. The lowest BCUT2D eigenvalue weighted by Gasteiger charge is -1.93. The Kier molecular flexibility index (Phi) is 1.59. The van der Waals surface area contributed by atoms with Gasteiger partial charge in [-0.15, -0.1) is 0 Å². The zero-order chi connectivity index (χ0) is 7.56. The van der Waals surface area contributed by atoms with Crippen LogP contribution in [0.5, 0.6) is 0 Å². The molecule has 0 saturated carbocycles. The summed E-state index contributed by atoms with van der Waals surface area (Å²) in [5.41, 5.74) is 6.32. The van der Waals surface area contributed by atoms with Gasteiger partial charge < -0.3 is 5.73 Å². The fourth-order valence-electron chi connectivity index (χ4n) is 0.759. The van der Waals surface area contributed by atoms with E-state index in [1.807, 2.05) is 13.0 Å². The smallest absolute Gasteiger partial charge is 0.130 e. The number of hydrogen-bond acceptors (Lipinski definition) is 3. The summed E-state index contributed by atoms with van der Waals surface area (Å²) in [6, 6.07) is 3.69. The number of rotatable bonds is 1. The average Bonchev–Trinajstić information content (AvgIpc) is 2.13. The predicted molar refractivity (Wildman–Crippen MR) is 37.0 cm³/mol. The number of anilines is 1. The number of hydrogen-bond donors (Lipinski definition) is 1. The van der Waals surface area contributed by atoms with Gasteiger partial charge in [0.15, 0.2) is 0 Å². The highest BCUT2D eigenvalue weighted by Crippen LogP contribution is 2.03. The van der Waals surface area contributed by atoms with Crippen molar-refractivity contribution < 1.29 is 0 Å². The highest BCUT2D eigenvalue weighted by molar-refractivity contribution is 5.30. The lowest BCUT2D eigenvalue weighted by atomic mass is 10.5. The predicted octanol–water partition coefficient (Wildman–Crippen LogP) is 0.297. The molecule has 1 aromatic heterocycles. The molecule has 10 heavy (non-hydrogen) atoms. The minimum Gasteiger partial charge on any atom is -0.384 e. The third-order valence-corrected chi connectivity index (χ3v) is 1.15. The summed E-state index contributed by atoms with van der Waals surface area (Å²) >= 11 is 0. The van der Waals surface area contributed by atoms with Crippen LogP contribution in [0.15, 0.2) is 6.07 Å². The first kappa shape index (κ1) is 6.62. The van der Waals surface area contributed by atoms with Gasteiger partial charge in [-0.3, -0.25) is 0 Å². The molecule has 2 N–H and O–H groups in total. The van der Waals surface area contributed by atoms with Crippen molar-refractivity contribution in [1.82, 2.24) is 9.78 Å². The molecule has 0 aromatic carbocycles. The van der Waals surface area contributed by atoms with Crippen LogP contribution in [0.1, 0.15) is 5.69 Å². The third kappa shape index (κ3) is 1.08. The normalized spacial score (nSPS) is 9.20. The van der Waals surface area contributed by atoms with Crippen LogP contribution in [-0.4, -0.2) is 9.78 Å². The Hall–Kier alpha value is -1.50. The van der Waals surface area contributed by atoms with Crippen LogP contribution in [0.2, 0.25) is 0 Å². The molecule has 0 unspecified atom stereocenters. The van der Waals surface area contributed by atoms with Gasteiger partial charge in [0.2, 0.25) is 0 Å². The second-order valence-corrected chi connectivity index (χ2v) is 2.03. The quantitative estimate of drug-likeness (QED) is 0.603. The number of nitrogens with two attached hydrogens (primary N) is 1. The molecule has 0 spiro atoms. The number of nitriles is 1. The van der Waals surface area contributed by atoms with Gasteiger partial charge in [-0.25, -0.2) is 4.68 Å². The van der Waals surface area contributed by atoms with E-state index in [4.69, 9.17) is 11.0 Å². The molecule has 0 aliphatic rings. The molecule has 4 heteroatoms. The Labute approximate surface area is 58.9 Å². The summed E-state index contributed by atoms with van der Waals surface area (Å²) < 4.78 is 1.47. The molecule has 4 nitrogen and oxygen atoms in total. The number of nitrogens with zero attached hydrogens (tertiary/aromatic N) is 3. The molecule has 0 bridgehead atoms. The molecule has 1 rings (SSSR count). The van der Waals surface area contributed by atoms with E-state index in [1.165, 1.54) is 4.68 Å². The largest absolute Gasteiger partial charge is 0.384 e. The highest BCUT2D eigenvalue weighted by Gasteiger charge is 1.98. The zero-order valence-electron chi connectivity index (χ0n) is 5.70. The summed E-state index contributed by atoms with van der Waals surface area (Å²) in [5.74, 6) is 0.541. The molecule has 0 saturated heterocycles. The van der Waals surface area contributed by atoms with E-state index < -0.39 is 0 Å². The summed E-state index contributed by atoms with van der Waals surface area (Å²) in [6.45, 7) is 2.06. The van der Waals surface area contributed by atoms with E-state index in [-0.39, 0.29) is 6.54 Å². The Morgan fingerprint density at radius 1 is 1.90 bits per heavy atom. The first-order valence-electron chi connectivity index (χ1n) is 2.91. The van der Waals surface area contributed by atoms with Gasteiger partial charge in [0, 0.05) is 6.07 Å². The van der Waals surface area contributed by atoms with Crippen molar-refractivity contribution in [3.8, 4) is 6.07 Å². The molecule has 0 fully saturated rings. The van der Waals surface area contributed by atoms with Crippen molar-refractivity contribution in [2.45, 2.75) is 13.5 Å². The van der Waals surface area contributed by atoms with E-state index in [2.05, 4.69) is 5.10 Å². The molecule has 1 heterocycles. The highest BCUT2D eigenvalue weighted by atomic mass is 15.3. The topological polar surface area (TPSA) is 67.6 Å². The minimum absolute atomic E-state index is 0.222. The Morgan fingerprint density at radius 2 is 2.60 bits per heavy atom. The van der Waals surface area contributed by atoms with Crippen LogP contribution in [0.3, 0.4) is 0 Å². The van der Waals surface area contributed by atoms with Crippen LogP contribution >= 0.6 is 0 Å². The molecular formula is C6H8N4. The number of nitrogen functional groups attached to an aromatic ring is 1. The summed E-state index contributed by atoms with van der Waals surface area (Å²) in [6.07, 6.45) is 0. The maximum absolute atomic E-state index is 8.29. The fraction of sp³-hybridized carbons (Fsp3) is 0.333. The van der Waals surface area contributed by atoms with Crippen LogP contribution in [-0.2, 0) is 6.54 Å². The van der Waals surface area contributed by atoms with Gasteiger partial charge in [-0.05, 0) is 6.92 Å². The molecule has 52 valence electrons. The Morgan fingerprint density at radius 3 is 3.00 bits per heavy atom. The second-order valence-electron chi connectivity index (χ2n) is 2.03. The third-order valence-electron chi connectivity index (χ3n) is 1.15. The molecule has 0 aliphatic carbocycles. The van der Waals surface area contributed by atoms with Crippen molar-refractivity contribution in [3.05, 3.63) is 11.8 Å². The number of aromatic nitrogens is 2. The van der Waals surface area contributed by atoms with Crippen molar-refractivity contribution in [1.29, 1.82) is 5.26 Å². The van der Waals surface area contributed by atoms with Gasteiger partial charge in [0.25, 0.3) is 0 Å². The molecule has 0 atom stereocenters. The standard InChI is InChI=1S/C6H8N4/c1-5-4-6(8)10(9-5)3-2-7/h4H,3,8H2,1H3. The lowest BCUT2D eigenvalue weighted by Crippen LogP contribution is -2.02. The minimum atomic E-state index is 0.222. The van der Waals surface area contributed by atoms with Gasteiger partial charge in [-0.2, -0.15) is 10.4 Å². The Bertz CT molecular complexity index is 268. The molecular weight excluding hydrogens is 128 g/mol. The van der Waals surface area contributed by atoms with Gasteiger partial charge in [0.1, 0.15) is 12.4 Å². The maximum Gasteiger partial charge on any atom is 0.130 e. The average molecular weight is 136 g/mol. The SMILES string of the molecule is Cc1cc(N)n(CC#N)n1. The van der Waals surface area contributed by atoms with E-state index >= 15 is 0 Å². The van der Waals surface area contributed by atoms with E-state index in [0.717, 1.165) is 5.69 Å².